The van der Waals surface area contributed by atoms with Crippen molar-refractivity contribution in [3.63, 3.8) is 0 Å². The van der Waals surface area contributed by atoms with E-state index >= 15 is 0 Å². The number of aliphatic hydroxyl groups excluding tert-OH is 1. The average molecular weight is 335 g/mol. The van der Waals surface area contributed by atoms with E-state index in [4.69, 9.17) is 0 Å². The highest BCUT2D eigenvalue weighted by Gasteiger charge is 2.14. The zero-order valence-corrected chi connectivity index (χ0v) is 11.4. The number of rotatable bonds is 4. The van der Waals surface area contributed by atoms with Crippen LogP contribution in [0.15, 0.2) is 40.2 Å². The number of benzene rings is 1. The van der Waals surface area contributed by atoms with Gasteiger partial charge in [0.25, 0.3) is 0 Å². The molecule has 0 bridgehead atoms. The second-order valence-corrected chi connectivity index (χ2v) is 5.99. The van der Waals surface area contributed by atoms with Crippen LogP contribution in [0.4, 0.5) is 8.78 Å². The summed E-state index contributed by atoms with van der Waals surface area (Å²) in [6.07, 6.45) is -0.845. The Morgan fingerprint density at radius 3 is 2.61 bits per heavy atom. The number of aliphatic hydroxyl groups is 1. The van der Waals surface area contributed by atoms with Gasteiger partial charge in [0.2, 0.25) is 0 Å². The van der Waals surface area contributed by atoms with Crippen LogP contribution in [-0.4, -0.2) is 11.7 Å². The predicted octanol–water partition coefficient (Wildman–Crippen LogP) is 4.19. The Morgan fingerprint density at radius 2 is 2.00 bits per heavy atom. The molecule has 1 aromatic carbocycles. The van der Waals surface area contributed by atoms with Gasteiger partial charge < -0.3 is 9.84 Å². The Labute approximate surface area is 115 Å². The summed E-state index contributed by atoms with van der Waals surface area (Å²) in [5.74, 6) is 0.0390. The van der Waals surface area contributed by atoms with Crippen molar-refractivity contribution in [3.8, 4) is 5.75 Å². The number of hydrogen-bond donors (Lipinski definition) is 1. The normalized spacial score (nSPS) is 12.7. The molecule has 0 spiro atoms. The van der Waals surface area contributed by atoms with Crippen molar-refractivity contribution in [2.24, 2.45) is 0 Å². The molecule has 2 aromatic rings. The Morgan fingerprint density at radius 1 is 1.22 bits per heavy atom. The first kappa shape index (κ1) is 13.5. The lowest BCUT2D eigenvalue weighted by molar-refractivity contribution is -0.0499. The molecular weight excluding hydrogens is 326 g/mol. The minimum absolute atomic E-state index is 0.0390. The van der Waals surface area contributed by atoms with Gasteiger partial charge in [-0.3, -0.25) is 0 Å². The molecule has 6 heteroatoms. The lowest BCUT2D eigenvalue weighted by Gasteiger charge is -2.11. The molecule has 2 nitrogen and oxygen atoms in total. The van der Waals surface area contributed by atoms with Gasteiger partial charge in [-0.2, -0.15) is 8.78 Å². The third-order valence-electron chi connectivity index (χ3n) is 2.26. The molecule has 0 radical (unpaired) electrons. The van der Waals surface area contributed by atoms with E-state index in [1.165, 1.54) is 23.5 Å². The maximum Gasteiger partial charge on any atom is 0.387 e. The molecule has 0 amide bonds. The van der Waals surface area contributed by atoms with E-state index in [1.807, 2.05) is 6.07 Å². The van der Waals surface area contributed by atoms with Gasteiger partial charge in [0.05, 0.1) is 3.79 Å². The summed E-state index contributed by atoms with van der Waals surface area (Å²) in [7, 11) is 0. The van der Waals surface area contributed by atoms with Crippen LogP contribution < -0.4 is 4.74 Å². The fraction of sp³-hybridized carbons (Fsp3) is 0.167. The minimum atomic E-state index is -2.87. The van der Waals surface area contributed by atoms with Gasteiger partial charge in [0.1, 0.15) is 11.9 Å². The van der Waals surface area contributed by atoms with Crippen LogP contribution in [0.5, 0.6) is 5.75 Å². The molecule has 0 fully saturated rings. The zero-order chi connectivity index (χ0) is 13.1. The summed E-state index contributed by atoms with van der Waals surface area (Å²) in [6, 6.07) is 9.66. The van der Waals surface area contributed by atoms with Gasteiger partial charge in [0, 0.05) is 4.88 Å². The van der Waals surface area contributed by atoms with Crippen molar-refractivity contribution < 1.29 is 18.6 Å². The molecule has 0 aliphatic carbocycles. The summed E-state index contributed by atoms with van der Waals surface area (Å²) < 4.78 is 29.4. The standard InChI is InChI=1S/C12H9BrF2O2S/c13-10-5-4-9(18-10)11(16)7-2-1-3-8(6-7)17-12(14)15/h1-6,11-12,16H. The molecule has 1 unspecified atom stereocenters. The first-order chi connectivity index (χ1) is 8.56. The van der Waals surface area contributed by atoms with Gasteiger partial charge in [-0.15, -0.1) is 11.3 Å². The van der Waals surface area contributed by atoms with Crippen LogP contribution >= 0.6 is 27.3 Å². The van der Waals surface area contributed by atoms with Crippen LogP contribution in [0.25, 0.3) is 0 Å². The molecule has 0 saturated heterocycles. The number of hydrogen-bond acceptors (Lipinski definition) is 3. The van der Waals surface area contributed by atoms with E-state index < -0.39 is 12.7 Å². The third kappa shape index (κ3) is 3.28. The molecule has 1 N–H and O–H groups in total. The largest absolute Gasteiger partial charge is 0.435 e. The zero-order valence-electron chi connectivity index (χ0n) is 9.02. The molecule has 96 valence electrons. The second kappa shape index (κ2) is 5.77. The Bertz CT molecular complexity index is 530. The number of ether oxygens (including phenoxy) is 1. The molecule has 1 atom stereocenters. The van der Waals surface area contributed by atoms with Crippen LogP contribution in [0.2, 0.25) is 0 Å². The molecule has 0 saturated carbocycles. The van der Waals surface area contributed by atoms with Crippen LogP contribution in [0.3, 0.4) is 0 Å². The van der Waals surface area contributed by atoms with Gasteiger partial charge in [-0.25, -0.2) is 0 Å². The molecule has 2 rings (SSSR count). The van der Waals surface area contributed by atoms with E-state index in [1.54, 1.807) is 18.2 Å². The maximum absolute atomic E-state index is 12.1. The van der Waals surface area contributed by atoms with Crippen molar-refractivity contribution in [1.29, 1.82) is 0 Å². The SMILES string of the molecule is OC(c1cccc(OC(F)F)c1)c1ccc(Br)s1. The summed E-state index contributed by atoms with van der Waals surface area (Å²) in [5.41, 5.74) is 0.516. The minimum Gasteiger partial charge on any atom is -0.435 e. The van der Waals surface area contributed by atoms with Crippen molar-refractivity contribution >= 4 is 27.3 Å². The van der Waals surface area contributed by atoms with Gasteiger partial charge in [-0.05, 0) is 45.8 Å². The lowest BCUT2D eigenvalue weighted by Crippen LogP contribution is -2.03. The quantitative estimate of drug-likeness (QED) is 0.908. The van der Waals surface area contributed by atoms with Crippen LogP contribution in [0, 0.1) is 0 Å². The molecule has 1 aromatic heterocycles. The topological polar surface area (TPSA) is 29.5 Å². The van der Waals surface area contributed by atoms with Gasteiger partial charge >= 0.3 is 6.61 Å². The highest BCUT2D eigenvalue weighted by molar-refractivity contribution is 9.11. The van der Waals surface area contributed by atoms with E-state index in [-0.39, 0.29) is 5.75 Å². The van der Waals surface area contributed by atoms with Crippen molar-refractivity contribution in [2.75, 3.05) is 0 Å². The van der Waals surface area contributed by atoms with Crippen LogP contribution in [-0.2, 0) is 0 Å². The maximum atomic E-state index is 12.1. The molecular formula is C12H9BrF2O2S. The predicted molar refractivity (Wildman–Crippen MR) is 69.2 cm³/mol. The summed E-state index contributed by atoms with van der Waals surface area (Å²) >= 11 is 4.69. The molecule has 0 aliphatic rings. The van der Waals surface area contributed by atoms with Gasteiger partial charge in [0.15, 0.2) is 0 Å². The number of alkyl halides is 2. The van der Waals surface area contributed by atoms with Crippen molar-refractivity contribution in [2.45, 2.75) is 12.7 Å². The van der Waals surface area contributed by atoms with Crippen LogP contribution in [0.1, 0.15) is 16.5 Å². The highest BCUT2D eigenvalue weighted by atomic mass is 79.9. The monoisotopic (exact) mass is 334 g/mol. The average Bonchev–Trinajstić information content (AvgIpc) is 2.74. The molecule has 18 heavy (non-hydrogen) atoms. The fourth-order valence-corrected chi connectivity index (χ4v) is 2.94. The van der Waals surface area contributed by atoms with Gasteiger partial charge in [-0.1, -0.05) is 12.1 Å². The van der Waals surface area contributed by atoms with Crippen molar-refractivity contribution in [1.82, 2.24) is 0 Å². The Balaban J connectivity index is 2.22. The van der Waals surface area contributed by atoms with E-state index in [9.17, 15) is 13.9 Å². The smallest absolute Gasteiger partial charge is 0.387 e. The first-order valence-corrected chi connectivity index (χ1v) is 6.65. The lowest BCUT2D eigenvalue weighted by atomic mass is 10.1. The summed E-state index contributed by atoms with van der Waals surface area (Å²) in [5, 5.41) is 10.1. The van der Waals surface area contributed by atoms with E-state index in [0.29, 0.717) is 5.56 Å². The number of thiophene rings is 1. The first-order valence-electron chi connectivity index (χ1n) is 5.04. The second-order valence-electron chi connectivity index (χ2n) is 3.50. The third-order valence-corrected chi connectivity index (χ3v) is 3.94. The Hall–Kier alpha value is -0.980. The Kier molecular flexibility index (Phi) is 4.31. The van der Waals surface area contributed by atoms with E-state index in [0.717, 1.165) is 8.66 Å². The fourth-order valence-electron chi connectivity index (χ4n) is 1.50. The molecule has 1 heterocycles. The summed E-state index contributed by atoms with van der Waals surface area (Å²) in [6.45, 7) is -2.87. The van der Waals surface area contributed by atoms with E-state index in [2.05, 4.69) is 20.7 Å². The number of halogens is 3. The highest BCUT2D eigenvalue weighted by Crippen LogP contribution is 2.32. The van der Waals surface area contributed by atoms with Crippen molar-refractivity contribution in [3.05, 3.63) is 50.6 Å². The summed E-state index contributed by atoms with van der Waals surface area (Å²) in [4.78, 5) is 0.732. The molecule has 0 aliphatic heterocycles.